The number of hydrogen-bond acceptors (Lipinski definition) is 2. The van der Waals surface area contributed by atoms with Gasteiger partial charge in [-0.1, -0.05) is 135 Å². The predicted molar refractivity (Wildman–Crippen MR) is 146 cm³/mol. The summed E-state index contributed by atoms with van der Waals surface area (Å²) in [6.45, 7) is 6.19. The molecule has 2 nitrogen and oxygen atoms in total. The Morgan fingerprint density at radius 3 is 1.14 bits per heavy atom. The number of rotatable bonds is 7. The van der Waals surface area contributed by atoms with E-state index in [9.17, 15) is 4.79 Å². The number of hydrogen-bond donors (Lipinski definition) is 0. The van der Waals surface area contributed by atoms with E-state index in [1.54, 1.807) is 0 Å². The second-order valence-electron chi connectivity index (χ2n) is 9.03. The maximum atomic E-state index is 10.2. The maximum absolute atomic E-state index is 10.2. The van der Waals surface area contributed by atoms with Crippen molar-refractivity contribution in [2.24, 2.45) is 5.92 Å². The Balaban J connectivity index is 0.000000373. The molecule has 0 aliphatic carbocycles. The molecule has 0 aromatic heterocycles. The summed E-state index contributed by atoms with van der Waals surface area (Å²) in [5, 5.41) is 0. The van der Waals surface area contributed by atoms with Gasteiger partial charge in [0, 0.05) is 6.92 Å². The van der Waals surface area contributed by atoms with Crippen molar-refractivity contribution < 1.29 is 39.1 Å². The van der Waals surface area contributed by atoms with Crippen molar-refractivity contribution in [2.75, 3.05) is 6.61 Å². The number of benzene rings is 4. The van der Waals surface area contributed by atoms with Crippen LogP contribution in [0.25, 0.3) is 0 Å². The van der Waals surface area contributed by atoms with Crippen molar-refractivity contribution in [3.05, 3.63) is 121 Å². The van der Waals surface area contributed by atoms with E-state index in [1.807, 2.05) is 0 Å². The van der Waals surface area contributed by atoms with Gasteiger partial charge in [0.2, 0.25) is 0 Å². The van der Waals surface area contributed by atoms with E-state index in [4.69, 9.17) is 4.74 Å². The molecule has 0 aliphatic rings. The van der Waals surface area contributed by atoms with Gasteiger partial charge in [-0.2, -0.15) is 21.9 Å². The maximum Gasteiger partial charge on any atom is 1.00 e. The summed E-state index contributed by atoms with van der Waals surface area (Å²) in [7, 11) is 0. The molecular weight excluding hydrogens is 438 g/mol. The van der Waals surface area contributed by atoms with Gasteiger partial charge < -0.3 is 4.74 Å². The van der Waals surface area contributed by atoms with Crippen LogP contribution in [0.3, 0.4) is 0 Å². The van der Waals surface area contributed by atoms with E-state index in [-0.39, 0.29) is 35.5 Å². The largest absolute Gasteiger partial charge is 1.00 e. The van der Waals surface area contributed by atoms with E-state index in [0.29, 0.717) is 12.5 Å². The van der Waals surface area contributed by atoms with Crippen LogP contribution in [0.5, 0.6) is 0 Å². The summed E-state index contributed by atoms with van der Waals surface area (Å²) in [4.78, 5) is 10.2. The Hall–Kier alpha value is -2.59. The molecule has 0 heterocycles. The van der Waals surface area contributed by atoms with Gasteiger partial charge in [-0.25, -0.2) is 0 Å². The molecule has 0 saturated heterocycles. The molecule has 174 valence electrons. The summed E-state index contributed by atoms with van der Waals surface area (Å²) in [5.74, 6) is 0.431. The first kappa shape index (κ1) is 28.7. The van der Waals surface area contributed by atoms with Crippen molar-refractivity contribution in [3.8, 4) is 0 Å². The van der Waals surface area contributed by atoms with Gasteiger partial charge in [-0.3, -0.25) is 4.79 Å². The Morgan fingerprint density at radius 2 is 0.914 bits per heavy atom. The molecule has 0 saturated carbocycles. The molecule has 0 aliphatic heterocycles. The minimum absolute atomic E-state index is 0. The molecule has 4 aromatic rings. The Morgan fingerprint density at radius 1 is 0.629 bits per heavy atom. The molecule has 0 spiro atoms. The second-order valence-corrected chi connectivity index (χ2v) is 9.03. The molecule has 0 fully saturated rings. The quantitative estimate of drug-likeness (QED) is 0.302. The minimum atomic E-state index is -1.22. The third-order valence-corrected chi connectivity index (χ3v) is 6.20. The number of carbonyl (C=O) groups excluding carboxylic acids is 1. The molecule has 0 amide bonds. The third-order valence-electron chi connectivity index (χ3n) is 6.20. The second kappa shape index (κ2) is 14.7. The first-order valence-corrected chi connectivity index (χ1v) is 12.1. The molecule has 0 unspecified atom stereocenters. The summed E-state index contributed by atoms with van der Waals surface area (Å²) < 4.78 is 4.71. The van der Waals surface area contributed by atoms with E-state index in [2.05, 4.69) is 135 Å². The van der Waals surface area contributed by atoms with E-state index in [0.717, 1.165) is 6.42 Å². The minimum Gasteiger partial charge on any atom is -0.466 e. The van der Waals surface area contributed by atoms with Crippen LogP contribution in [0, 0.1) is 5.92 Å². The molecule has 4 rings (SSSR count). The summed E-state index contributed by atoms with van der Waals surface area (Å²) in [5.41, 5.74) is 5.36. The number of carbonyl (C=O) groups is 1. The van der Waals surface area contributed by atoms with Crippen LogP contribution in [0.15, 0.2) is 121 Å². The molecule has 0 radical (unpaired) electrons. The van der Waals surface area contributed by atoms with Gasteiger partial charge in [0.1, 0.15) is 6.15 Å². The standard InChI is InChI=1S/C24H20B.C7H14O2.Na/c1-5-13-21(14-6-1)25(22-15-7-2-8-16-22,23-17-9-3-10-18-23)24-19-11-4-12-20-24;1-6(2)4-5-9-7(3)8;/h1-20H;6H,4-5H2,1-3H3;/q-1;;+1. The van der Waals surface area contributed by atoms with Gasteiger partial charge in [0.15, 0.2) is 0 Å². The zero-order valence-corrected chi connectivity index (χ0v) is 23.4. The summed E-state index contributed by atoms with van der Waals surface area (Å²) in [6.07, 6.45) is -0.258. The van der Waals surface area contributed by atoms with Crippen LogP contribution in [0.4, 0.5) is 0 Å². The molecule has 35 heavy (non-hydrogen) atoms. The molecule has 0 atom stereocenters. The fourth-order valence-electron chi connectivity index (χ4n) is 4.56. The fourth-order valence-corrected chi connectivity index (χ4v) is 4.56. The number of esters is 1. The van der Waals surface area contributed by atoms with Crippen molar-refractivity contribution in [1.29, 1.82) is 0 Å². The van der Waals surface area contributed by atoms with Gasteiger partial charge in [0.05, 0.1) is 6.61 Å². The van der Waals surface area contributed by atoms with Crippen LogP contribution in [0.1, 0.15) is 27.2 Å². The third kappa shape index (κ3) is 7.70. The van der Waals surface area contributed by atoms with Crippen LogP contribution in [0.2, 0.25) is 0 Å². The van der Waals surface area contributed by atoms with Crippen molar-refractivity contribution in [2.45, 2.75) is 27.2 Å². The van der Waals surface area contributed by atoms with Crippen LogP contribution >= 0.6 is 0 Å². The Kier molecular flexibility index (Phi) is 12.1. The Bertz CT molecular complexity index is 954. The molecule has 0 N–H and O–H groups in total. The van der Waals surface area contributed by atoms with Crippen LogP contribution < -0.4 is 51.4 Å². The number of ether oxygens (including phenoxy) is 1. The fraction of sp³-hybridized carbons (Fsp3) is 0.194. The summed E-state index contributed by atoms with van der Waals surface area (Å²) >= 11 is 0. The van der Waals surface area contributed by atoms with Crippen LogP contribution in [-0.4, -0.2) is 18.7 Å². The van der Waals surface area contributed by atoms with Crippen LogP contribution in [-0.2, 0) is 9.53 Å². The first-order chi connectivity index (χ1) is 16.5. The van der Waals surface area contributed by atoms with Crippen molar-refractivity contribution >= 4 is 34.0 Å². The molecule has 4 heteroatoms. The average molecular weight is 472 g/mol. The molecule has 0 bridgehead atoms. The smallest absolute Gasteiger partial charge is 0.466 e. The van der Waals surface area contributed by atoms with Gasteiger partial charge in [0.25, 0.3) is 0 Å². The van der Waals surface area contributed by atoms with E-state index < -0.39 is 6.15 Å². The SMILES string of the molecule is CC(=O)OCCC(C)C.[Na+].c1ccc([B-](c2ccccc2)(c2ccccc2)c2ccccc2)cc1. The monoisotopic (exact) mass is 472 g/mol. The van der Waals surface area contributed by atoms with Gasteiger partial charge in [-0.15, -0.1) is 0 Å². The first-order valence-electron chi connectivity index (χ1n) is 12.1. The van der Waals surface area contributed by atoms with Crippen molar-refractivity contribution in [3.63, 3.8) is 0 Å². The molecular formula is C31H34BNaO2. The summed E-state index contributed by atoms with van der Waals surface area (Å²) in [6, 6.07) is 43.5. The van der Waals surface area contributed by atoms with Gasteiger partial charge in [-0.05, 0) is 12.3 Å². The topological polar surface area (TPSA) is 26.3 Å². The van der Waals surface area contributed by atoms with E-state index >= 15 is 0 Å². The van der Waals surface area contributed by atoms with E-state index in [1.165, 1.54) is 28.8 Å². The zero-order valence-electron chi connectivity index (χ0n) is 21.4. The predicted octanol–water partition coefficient (Wildman–Crippen LogP) is 1.66. The van der Waals surface area contributed by atoms with Crippen molar-refractivity contribution in [1.82, 2.24) is 0 Å². The average Bonchev–Trinajstić information content (AvgIpc) is 2.87. The normalized spacial score (nSPS) is 10.5. The molecule has 4 aromatic carbocycles. The zero-order chi connectivity index (χ0) is 24.2. The van der Waals surface area contributed by atoms with Gasteiger partial charge >= 0.3 is 35.5 Å². The Labute approximate surface area is 233 Å².